The lowest BCUT2D eigenvalue weighted by Crippen LogP contribution is -2.33. The van der Waals surface area contributed by atoms with E-state index >= 15 is 0 Å². The smallest absolute Gasteiger partial charge is 0.135 e. The minimum absolute atomic E-state index is 0.0116. The van der Waals surface area contributed by atoms with E-state index in [2.05, 4.69) is 24.5 Å². The topological polar surface area (TPSA) is 144 Å². The van der Waals surface area contributed by atoms with Crippen molar-refractivity contribution in [2.24, 2.45) is 0 Å². The van der Waals surface area contributed by atoms with Crippen molar-refractivity contribution in [3.63, 3.8) is 0 Å². The van der Waals surface area contributed by atoms with Crippen LogP contribution in [0.15, 0.2) is 60.7 Å². The SMILES string of the molecule is CC.COc1cc(C)cc2c(-c3ccc(O)c4c3CC(C)NC4)cc(-c3cc(-c4c(O)cc(O)c5c4CC(C)NC5)c4cccc(OC)c4c3O)c(O)c12. The third-order valence-corrected chi connectivity index (χ3v) is 10.9. The molecule has 6 aromatic rings. The van der Waals surface area contributed by atoms with Gasteiger partial charge >= 0.3 is 0 Å². The largest absolute Gasteiger partial charge is 0.508 e. The van der Waals surface area contributed by atoms with E-state index in [9.17, 15) is 25.5 Å². The van der Waals surface area contributed by atoms with Gasteiger partial charge in [-0.1, -0.05) is 38.1 Å². The summed E-state index contributed by atoms with van der Waals surface area (Å²) < 4.78 is 11.7. The van der Waals surface area contributed by atoms with Crippen LogP contribution in [0.25, 0.3) is 54.9 Å². The number of benzene rings is 6. The van der Waals surface area contributed by atoms with Gasteiger partial charge in [-0.25, -0.2) is 0 Å². The highest BCUT2D eigenvalue weighted by Crippen LogP contribution is 2.54. The van der Waals surface area contributed by atoms with Gasteiger partial charge in [0.25, 0.3) is 0 Å². The van der Waals surface area contributed by atoms with Crippen molar-refractivity contribution in [1.29, 1.82) is 0 Å². The van der Waals surface area contributed by atoms with E-state index < -0.39 is 0 Å². The summed E-state index contributed by atoms with van der Waals surface area (Å²) in [5.74, 6) is 0.855. The van der Waals surface area contributed by atoms with Crippen LogP contribution in [-0.4, -0.2) is 51.8 Å². The Morgan fingerprint density at radius 2 is 1.15 bits per heavy atom. The average Bonchev–Trinajstić information content (AvgIpc) is 3.16. The first-order chi connectivity index (χ1) is 26.0. The van der Waals surface area contributed by atoms with E-state index in [1.807, 2.05) is 57.2 Å². The first kappa shape index (κ1) is 36.7. The van der Waals surface area contributed by atoms with E-state index in [1.165, 1.54) is 13.2 Å². The normalized spacial score (nSPS) is 16.4. The summed E-state index contributed by atoms with van der Waals surface area (Å²) >= 11 is 0. The summed E-state index contributed by atoms with van der Waals surface area (Å²) in [6.45, 7) is 11.1. The summed E-state index contributed by atoms with van der Waals surface area (Å²) in [5, 5.41) is 67.2. The fraction of sp³-hybridized carbons (Fsp3) is 0.289. The molecule has 7 N–H and O–H groups in total. The summed E-state index contributed by atoms with van der Waals surface area (Å²) in [7, 11) is 3.11. The van der Waals surface area contributed by atoms with Crippen LogP contribution < -0.4 is 20.1 Å². The fourth-order valence-electron chi connectivity index (χ4n) is 8.38. The molecule has 0 aliphatic carbocycles. The van der Waals surface area contributed by atoms with Crippen LogP contribution >= 0.6 is 0 Å². The Balaban J connectivity index is 0.00000221. The van der Waals surface area contributed by atoms with Crippen molar-refractivity contribution in [3.8, 4) is 73.6 Å². The lowest BCUT2D eigenvalue weighted by atomic mass is 9.82. The van der Waals surface area contributed by atoms with Crippen molar-refractivity contribution in [3.05, 3.63) is 88.5 Å². The molecule has 0 bridgehead atoms. The Kier molecular flexibility index (Phi) is 9.72. The minimum atomic E-state index is -0.101. The van der Waals surface area contributed by atoms with Crippen molar-refractivity contribution < 1.29 is 35.0 Å². The summed E-state index contributed by atoms with van der Waals surface area (Å²) in [6.07, 6.45) is 1.23. The van der Waals surface area contributed by atoms with Crippen molar-refractivity contribution in [1.82, 2.24) is 10.6 Å². The van der Waals surface area contributed by atoms with Gasteiger partial charge in [0.05, 0.1) is 25.0 Å². The van der Waals surface area contributed by atoms with Gasteiger partial charge in [-0.05, 0) is 108 Å². The molecule has 9 nitrogen and oxygen atoms in total. The Morgan fingerprint density at radius 1 is 0.556 bits per heavy atom. The lowest BCUT2D eigenvalue weighted by Gasteiger charge is -2.28. The molecule has 54 heavy (non-hydrogen) atoms. The Morgan fingerprint density at radius 3 is 1.80 bits per heavy atom. The van der Waals surface area contributed by atoms with Gasteiger partial charge < -0.3 is 45.6 Å². The van der Waals surface area contributed by atoms with Crippen LogP contribution in [0.5, 0.6) is 40.2 Å². The number of nitrogens with one attached hydrogen (secondary N) is 2. The van der Waals surface area contributed by atoms with Gasteiger partial charge in [-0.15, -0.1) is 0 Å². The number of rotatable bonds is 5. The zero-order valence-electron chi connectivity index (χ0n) is 31.8. The van der Waals surface area contributed by atoms with Crippen LogP contribution in [0.3, 0.4) is 0 Å². The van der Waals surface area contributed by atoms with Crippen LogP contribution in [-0.2, 0) is 25.9 Å². The third-order valence-electron chi connectivity index (χ3n) is 10.9. The molecule has 0 amide bonds. The average molecular weight is 729 g/mol. The van der Waals surface area contributed by atoms with E-state index in [4.69, 9.17) is 9.47 Å². The fourth-order valence-corrected chi connectivity index (χ4v) is 8.38. The molecule has 0 saturated heterocycles. The van der Waals surface area contributed by atoms with E-state index in [0.29, 0.717) is 81.4 Å². The molecule has 0 spiro atoms. The number of ether oxygens (including phenoxy) is 2. The molecule has 0 fully saturated rings. The molecule has 2 aliphatic heterocycles. The minimum Gasteiger partial charge on any atom is -0.508 e. The van der Waals surface area contributed by atoms with Crippen molar-refractivity contribution in [2.45, 2.75) is 72.6 Å². The molecule has 9 heteroatoms. The van der Waals surface area contributed by atoms with Crippen molar-refractivity contribution >= 4 is 21.5 Å². The molecule has 0 saturated carbocycles. The second-order valence-corrected chi connectivity index (χ2v) is 14.2. The second-order valence-electron chi connectivity index (χ2n) is 14.2. The number of aryl methyl sites for hydroxylation is 1. The van der Waals surface area contributed by atoms with Gasteiger partial charge in [0.2, 0.25) is 0 Å². The number of methoxy groups -OCH3 is 2. The molecule has 2 aliphatic rings. The van der Waals surface area contributed by atoms with Crippen LogP contribution in [0, 0.1) is 6.92 Å². The van der Waals surface area contributed by atoms with Gasteiger partial charge in [0.1, 0.15) is 40.2 Å². The molecular weight excluding hydrogens is 681 g/mol. The molecule has 2 heterocycles. The molecule has 6 aromatic carbocycles. The monoisotopic (exact) mass is 728 g/mol. The molecule has 2 unspecified atom stereocenters. The van der Waals surface area contributed by atoms with E-state index in [1.54, 1.807) is 25.3 Å². The van der Waals surface area contributed by atoms with E-state index in [-0.39, 0.29) is 40.8 Å². The maximum atomic E-state index is 12.3. The van der Waals surface area contributed by atoms with Crippen LogP contribution in [0.2, 0.25) is 0 Å². The maximum Gasteiger partial charge on any atom is 0.135 e. The zero-order chi connectivity index (χ0) is 38.6. The van der Waals surface area contributed by atoms with Crippen LogP contribution in [0.1, 0.15) is 55.5 Å². The van der Waals surface area contributed by atoms with Gasteiger partial charge in [0.15, 0.2) is 0 Å². The summed E-state index contributed by atoms with van der Waals surface area (Å²) in [5.41, 5.74) is 7.84. The molecule has 0 radical (unpaired) electrons. The summed E-state index contributed by atoms with van der Waals surface area (Å²) in [4.78, 5) is 0. The lowest BCUT2D eigenvalue weighted by molar-refractivity contribution is 0.415. The van der Waals surface area contributed by atoms with Crippen molar-refractivity contribution in [2.75, 3.05) is 14.2 Å². The van der Waals surface area contributed by atoms with Gasteiger partial charge in [-0.3, -0.25) is 0 Å². The number of aromatic hydroxyl groups is 5. The predicted molar refractivity (Wildman–Crippen MR) is 215 cm³/mol. The number of hydrogen-bond acceptors (Lipinski definition) is 9. The molecule has 0 aromatic heterocycles. The third kappa shape index (κ3) is 5.88. The van der Waals surface area contributed by atoms with Crippen LogP contribution in [0.4, 0.5) is 0 Å². The number of hydrogen-bond donors (Lipinski definition) is 7. The standard InChI is InChI=1S/C43H42N2O7.C2H6/c1-20-11-27-26(23-9-10-34(46)32-18-44-21(2)13-25(23)32)15-30(43(50)41(27)38(12-20)52-5)31-16-29(24-7-6-8-37(51-4)40(24)42(31)49)39-28-14-22(3)45-19-33(28)35(47)17-36(39)48;1-2/h6-12,15-17,21-22,44-50H,13-14,18-19H2,1-5H3;1-2H3. The summed E-state index contributed by atoms with van der Waals surface area (Å²) in [6, 6.07) is 18.3. The highest BCUT2D eigenvalue weighted by molar-refractivity contribution is 6.13. The Labute approximate surface area is 315 Å². The second kappa shape index (κ2) is 14.3. The maximum absolute atomic E-state index is 12.3. The van der Waals surface area contributed by atoms with Gasteiger partial charge in [0, 0.05) is 59.1 Å². The molecule has 280 valence electrons. The number of phenolic OH excluding ortho intramolecular Hbond substituents is 5. The number of phenols is 5. The predicted octanol–water partition coefficient (Wildman–Crippen LogP) is 8.94. The first-order valence-electron chi connectivity index (χ1n) is 18.6. The van der Waals surface area contributed by atoms with E-state index in [0.717, 1.165) is 38.8 Å². The Bertz CT molecular complexity index is 2460. The zero-order valence-corrected chi connectivity index (χ0v) is 31.8. The molecule has 2 atom stereocenters. The number of fused-ring (bicyclic) bond motifs is 4. The first-order valence-corrected chi connectivity index (χ1v) is 18.6. The Hall–Kier alpha value is -5.64. The highest BCUT2D eigenvalue weighted by Gasteiger charge is 2.30. The quantitative estimate of drug-likeness (QED) is 0.0926. The molecule has 8 rings (SSSR count). The molecular formula is C45H48N2O7. The van der Waals surface area contributed by atoms with Gasteiger partial charge in [-0.2, -0.15) is 0 Å². The highest BCUT2D eigenvalue weighted by atomic mass is 16.5.